The van der Waals surface area contributed by atoms with Gasteiger partial charge in [-0.1, -0.05) is 22.0 Å². The maximum absolute atomic E-state index is 12.6. The molecule has 122 valence electrons. The molecule has 2 aromatic rings. The van der Waals surface area contributed by atoms with Crippen LogP contribution < -0.4 is 5.32 Å². The van der Waals surface area contributed by atoms with Gasteiger partial charge in [-0.2, -0.15) is 5.10 Å². The third-order valence-corrected chi connectivity index (χ3v) is 5.32. The second kappa shape index (κ2) is 5.87. The molecule has 1 aliphatic rings. The van der Waals surface area contributed by atoms with Crippen LogP contribution in [0.5, 0.6) is 0 Å². The molecule has 1 unspecified atom stereocenters. The lowest BCUT2D eigenvalue weighted by Crippen LogP contribution is -2.27. The number of nitrogens with one attached hydrogen (secondary N) is 1. The van der Waals surface area contributed by atoms with Crippen molar-refractivity contribution in [3.05, 3.63) is 45.6 Å². The second-order valence-electron chi connectivity index (χ2n) is 6.55. The van der Waals surface area contributed by atoms with Crippen LogP contribution in [0.25, 0.3) is 0 Å². The van der Waals surface area contributed by atoms with Crippen LogP contribution in [0.3, 0.4) is 0 Å². The Morgan fingerprint density at radius 3 is 2.74 bits per heavy atom. The van der Waals surface area contributed by atoms with Gasteiger partial charge in [0.25, 0.3) is 5.91 Å². The van der Waals surface area contributed by atoms with Crippen LogP contribution >= 0.6 is 15.9 Å². The summed E-state index contributed by atoms with van der Waals surface area (Å²) >= 11 is 3.37. The number of rotatable bonds is 2. The first-order valence-electron chi connectivity index (χ1n) is 7.29. The third-order valence-electron chi connectivity index (χ3n) is 3.62. The second-order valence-corrected chi connectivity index (χ2v) is 8.92. The minimum absolute atomic E-state index is 0.197. The largest absolute Gasteiger partial charge is 0.306 e. The lowest BCUT2D eigenvalue weighted by atomic mass is 10.1. The van der Waals surface area contributed by atoms with Crippen LogP contribution in [0.1, 0.15) is 42.4 Å². The Kier molecular flexibility index (Phi) is 4.18. The van der Waals surface area contributed by atoms with E-state index in [1.165, 1.54) is 0 Å². The molecule has 1 N–H and O–H groups in total. The number of amides is 1. The highest BCUT2D eigenvalue weighted by molar-refractivity contribution is 9.10. The van der Waals surface area contributed by atoms with Crippen molar-refractivity contribution in [3.8, 4) is 0 Å². The monoisotopic (exact) mass is 395 g/mol. The van der Waals surface area contributed by atoms with Gasteiger partial charge in [0, 0.05) is 26.4 Å². The molecule has 0 saturated carbocycles. The molecule has 0 bridgehead atoms. The predicted molar refractivity (Wildman–Crippen MR) is 94.9 cm³/mol. The van der Waals surface area contributed by atoms with Crippen LogP contribution in [0.15, 0.2) is 28.7 Å². The molecule has 0 saturated heterocycles. The predicted octanol–water partition coefficient (Wildman–Crippen LogP) is 3.42. The van der Waals surface area contributed by atoms with Crippen LogP contribution in [-0.4, -0.2) is 19.9 Å². The van der Waals surface area contributed by atoms with E-state index in [0.29, 0.717) is 22.9 Å². The molecule has 7 heteroatoms. The van der Waals surface area contributed by atoms with E-state index in [1.807, 2.05) is 37.6 Å². The third kappa shape index (κ3) is 3.26. The summed E-state index contributed by atoms with van der Waals surface area (Å²) in [5, 5.41) is 7.54. The number of hydrogen-bond donors (Lipinski definition) is 1. The fourth-order valence-electron chi connectivity index (χ4n) is 2.55. The van der Waals surface area contributed by atoms with Gasteiger partial charge in [0.2, 0.25) is 0 Å². The van der Waals surface area contributed by atoms with Crippen molar-refractivity contribution in [1.29, 1.82) is 0 Å². The van der Waals surface area contributed by atoms with E-state index in [9.17, 15) is 9.00 Å². The number of fused-ring (bicyclic) bond motifs is 1. The van der Waals surface area contributed by atoms with Crippen LogP contribution in [0.2, 0.25) is 0 Å². The lowest BCUT2D eigenvalue weighted by Gasteiger charge is -2.23. The zero-order valence-electron chi connectivity index (χ0n) is 13.2. The number of anilines is 1. The molecule has 5 nitrogen and oxygen atoms in total. The highest BCUT2D eigenvalue weighted by atomic mass is 79.9. The summed E-state index contributed by atoms with van der Waals surface area (Å²) in [5.74, 6) is 1.36. The van der Waals surface area contributed by atoms with Gasteiger partial charge in [-0.3, -0.25) is 9.00 Å². The molecule has 0 spiro atoms. The molecule has 0 radical (unpaired) electrons. The van der Waals surface area contributed by atoms with Crippen molar-refractivity contribution < 1.29 is 9.00 Å². The molecular weight excluding hydrogens is 378 g/mol. The van der Waals surface area contributed by atoms with Crippen molar-refractivity contribution in [1.82, 2.24) is 9.78 Å². The Bertz CT molecular complexity index is 808. The van der Waals surface area contributed by atoms with E-state index in [0.717, 1.165) is 15.7 Å². The minimum atomic E-state index is -0.931. The summed E-state index contributed by atoms with van der Waals surface area (Å²) in [7, 11) is -0.931. The molecule has 23 heavy (non-hydrogen) atoms. The first-order chi connectivity index (χ1) is 10.8. The van der Waals surface area contributed by atoms with Crippen LogP contribution in [0.4, 0.5) is 5.82 Å². The Hall–Kier alpha value is -1.47. The van der Waals surface area contributed by atoms with Gasteiger partial charge in [-0.25, -0.2) is 4.68 Å². The van der Waals surface area contributed by atoms with E-state index in [-0.39, 0.29) is 11.4 Å². The summed E-state index contributed by atoms with van der Waals surface area (Å²) in [6, 6.07) is 7.22. The maximum Gasteiger partial charge on any atom is 0.256 e. The lowest BCUT2D eigenvalue weighted by molar-refractivity contribution is 0.102. The van der Waals surface area contributed by atoms with Crippen LogP contribution in [-0.2, 0) is 27.8 Å². The summed E-state index contributed by atoms with van der Waals surface area (Å²) in [6.07, 6.45) is 0. The van der Waals surface area contributed by atoms with Crippen molar-refractivity contribution >= 4 is 38.5 Å². The molecule has 1 atom stereocenters. The Morgan fingerprint density at radius 2 is 2.09 bits per heavy atom. The van der Waals surface area contributed by atoms with Crippen LogP contribution in [0, 0.1) is 0 Å². The zero-order valence-corrected chi connectivity index (χ0v) is 15.6. The fourth-order valence-corrected chi connectivity index (χ4v) is 4.21. The van der Waals surface area contributed by atoms with Crippen molar-refractivity contribution in [2.75, 3.05) is 5.32 Å². The van der Waals surface area contributed by atoms with Crippen molar-refractivity contribution in [3.63, 3.8) is 0 Å². The number of carbonyl (C=O) groups excluding carboxylic acids is 1. The summed E-state index contributed by atoms with van der Waals surface area (Å²) < 4.78 is 14.5. The number of nitrogens with zero attached hydrogens (tertiary/aromatic N) is 2. The number of halogens is 1. The summed E-state index contributed by atoms with van der Waals surface area (Å²) in [6.45, 7) is 6.09. The standard InChI is InChI=1S/C16H18BrN3O2S/c1-16(2,3)20-14(12-8-23(22)9-13(12)19-20)18-15(21)10-5-4-6-11(17)7-10/h4-7H,8-9H2,1-3H3,(H,18,21). The molecule has 1 amide bonds. The first kappa shape index (κ1) is 16.4. The Labute approximate surface area is 146 Å². The van der Waals surface area contributed by atoms with Gasteiger partial charge in [-0.05, 0) is 39.0 Å². The molecule has 1 aromatic carbocycles. The smallest absolute Gasteiger partial charge is 0.256 e. The van der Waals surface area contributed by atoms with Gasteiger partial charge >= 0.3 is 0 Å². The summed E-state index contributed by atoms with van der Waals surface area (Å²) in [4.78, 5) is 12.6. The Balaban J connectivity index is 1.99. The molecule has 1 aliphatic heterocycles. The van der Waals surface area contributed by atoms with Crippen molar-refractivity contribution in [2.45, 2.75) is 37.8 Å². The first-order valence-corrected chi connectivity index (χ1v) is 9.57. The van der Waals surface area contributed by atoms with Gasteiger partial charge < -0.3 is 5.32 Å². The van der Waals surface area contributed by atoms with E-state index in [1.54, 1.807) is 12.1 Å². The number of benzene rings is 1. The molecule has 2 heterocycles. The van der Waals surface area contributed by atoms with Gasteiger partial charge in [-0.15, -0.1) is 0 Å². The number of hydrogen-bond acceptors (Lipinski definition) is 3. The highest BCUT2D eigenvalue weighted by Crippen LogP contribution is 2.33. The van der Waals surface area contributed by atoms with Gasteiger partial charge in [0.05, 0.1) is 22.7 Å². The SMILES string of the molecule is CC(C)(C)n1nc2c(c1NC(=O)c1cccc(Br)c1)CS(=O)C2. The quantitative estimate of drug-likeness (QED) is 0.846. The number of aromatic nitrogens is 2. The van der Waals surface area contributed by atoms with E-state index >= 15 is 0 Å². The molecular formula is C16H18BrN3O2S. The Morgan fingerprint density at radius 1 is 1.35 bits per heavy atom. The zero-order chi connectivity index (χ0) is 16.8. The fraction of sp³-hybridized carbons (Fsp3) is 0.375. The average molecular weight is 396 g/mol. The van der Waals surface area contributed by atoms with E-state index in [2.05, 4.69) is 26.3 Å². The maximum atomic E-state index is 12.6. The average Bonchev–Trinajstić information content (AvgIpc) is 2.96. The molecule has 1 aromatic heterocycles. The minimum Gasteiger partial charge on any atom is -0.306 e. The normalized spacial score (nSPS) is 17.1. The highest BCUT2D eigenvalue weighted by Gasteiger charge is 2.31. The van der Waals surface area contributed by atoms with Crippen molar-refractivity contribution in [2.24, 2.45) is 0 Å². The molecule has 0 aliphatic carbocycles. The topological polar surface area (TPSA) is 64.0 Å². The summed E-state index contributed by atoms with van der Waals surface area (Å²) in [5.41, 5.74) is 2.00. The van der Waals surface area contributed by atoms with E-state index in [4.69, 9.17) is 0 Å². The van der Waals surface area contributed by atoms with E-state index < -0.39 is 10.8 Å². The molecule has 0 fully saturated rings. The van der Waals surface area contributed by atoms with Gasteiger partial charge in [0.15, 0.2) is 0 Å². The number of carbonyl (C=O) groups is 1. The van der Waals surface area contributed by atoms with Gasteiger partial charge in [0.1, 0.15) is 5.82 Å². The molecule has 3 rings (SSSR count).